The minimum absolute atomic E-state index is 0.0920. The predicted octanol–water partition coefficient (Wildman–Crippen LogP) is 4.96. The molecule has 0 saturated carbocycles. The van der Waals surface area contributed by atoms with Crippen LogP contribution in [0.2, 0.25) is 0 Å². The lowest BCUT2D eigenvalue weighted by Crippen LogP contribution is -1.96. The number of carboxylic acid groups (broad SMARTS) is 1. The van der Waals surface area contributed by atoms with Gasteiger partial charge in [-0.2, -0.15) is 0 Å². The van der Waals surface area contributed by atoms with Crippen LogP contribution in [0.5, 0.6) is 11.5 Å². The minimum Gasteiger partial charge on any atom is -0.497 e. The highest BCUT2D eigenvalue weighted by Gasteiger charge is 2.12. The van der Waals surface area contributed by atoms with Crippen LogP contribution in [-0.4, -0.2) is 25.3 Å². The van der Waals surface area contributed by atoms with Gasteiger partial charge in [-0.25, -0.2) is 0 Å². The van der Waals surface area contributed by atoms with Gasteiger partial charge in [-0.3, -0.25) is 4.79 Å². The third kappa shape index (κ3) is 5.26. The highest BCUT2D eigenvalue weighted by molar-refractivity contribution is 6.33. The molecule has 0 heterocycles. The lowest BCUT2D eigenvalue weighted by molar-refractivity contribution is -0.137. The van der Waals surface area contributed by atoms with Crippen LogP contribution in [0.15, 0.2) is 53.6 Å². The van der Waals surface area contributed by atoms with Crippen molar-refractivity contribution in [3.05, 3.63) is 64.7 Å². The van der Waals surface area contributed by atoms with Crippen LogP contribution in [0.25, 0.3) is 5.57 Å². The van der Waals surface area contributed by atoms with Crippen molar-refractivity contribution in [3.8, 4) is 11.5 Å². The molecule has 0 saturated heterocycles. The van der Waals surface area contributed by atoms with Crippen molar-refractivity contribution in [1.29, 1.82) is 0 Å². The number of rotatable bonds is 8. The second-order valence-corrected chi connectivity index (χ2v) is 5.94. The maximum absolute atomic E-state index is 10.7. The van der Waals surface area contributed by atoms with Crippen LogP contribution < -0.4 is 9.47 Å². The lowest BCUT2D eigenvalue weighted by atomic mass is 9.96. The first-order chi connectivity index (χ1) is 12.0. The van der Waals surface area contributed by atoms with Crippen LogP contribution in [0.4, 0.5) is 0 Å². The quantitative estimate of drug-likeness (QED) is 0.723. The van der Waals surface area contributed by atoms with Gasteiger partial charge < -0.3 is 14.6 Å². The van der Waals surface area contributed by atoms with Gasteiger partial charge in [-0.15, -0.1) is 0 Å². The molecule has 132 valence electrons. The number of methoxy groups -OCH3 is 2. The molecular formula is C20H21ClO4. The summed E-state index contributed by atoms with van der Waals surface area (Å²) in [5, 5.41) is 9.46. The largest absolute Gasteiger partial charge is 0.497 e. The summed E-state index contributed by atoms with van der Waals surface area (Å²) in [4.78, 5) is 10.7. The van der Waals surface area contributed by atoms with E-state index in [-0.39, 0.29) is 6.42 Å². The number of benzene rings is 2. The maximum Gasteiger partial charge on any atom is 0.303 e. The van der Waals surface area contributed by atoms with Crippen molar-refractivity contribution >= 4 is 23.1 Å². The number of carbonyl (C=O) groups is 1. The molecule has 0 aliphatic carbocycles. The Morgan fingerprint density at radius 3 is 1.68 bits per heavy atom. The molecule has 0 radical (unpaired) electrons. The van der Waals surface area contributed by atoms with Crippen LogP contribution in [0, 0.1) is 0 Å². The van der Waals surface area contributed by atoms with Crippen molar-refractivity contribution < 1.29 is 19.4 Å². The average molecular weight is 361 g/mol. The molecule has 2 rings (SSSR count). The van der Waals surface area contributed by atoms with Crippen molar-refractivity contribution in [1.82, 2.24) is 0 Å². The van der Waals surface area contributed by atoms with E-state index in [9.17, 15) is 4.79 Å². The normalized spacial score (nSPS) is 10.2. The molecular weight excluding hydrogens is 340 g/mol. The van der Waals surface area contributed by atoms with E-state index in [2.05, 4.69) is 0 Å². The van der Waals surface area contributed by atoms with Gasteiger partial charge in [0.25, 0.3) is 0 Å². The summed E-state index contributed by atoms with van der Waals surface area (Å²) in [5.41, 5.74) is 2.79. The molecule has 0 unspecified atom stereocenters. The summed E-state index contributed by atoms with van der Waals surface area (Å²) >= 11 is 6.57. The Morgan fingerprint density at radius 1 is 0.880 bits per heavy atom. The van der Waals surface area contributed by atoms with Gasteiger partial charge in [0.15, 0.2) is 0 Å². The zero-order valence-electron chi connectivity index (χ0n) is 14.3. The van der Waals surface area contributed by atoms with Crippen molar-refractivity contribution in [3.63, 3.8) is 0 Å². The zero-order chi connectivity index (χ0) is 18.2. The summed E-state index contributed by atoms with van der Waals surface area (Å²) in [6.07, 6.45) is 1.08. The van der Waals surface area contributed by atoms with Gasteiger partial charge in [0.05, 0.1) is 14.2 Å². The summed E-state index contributed by atoms with van der Waals surface area (Å²) in [6.45, 7) is 0. The summed E-state index contributed by atoms with van der Waals surface area (Å²) in [7, 11) is 3.24. The number of aliphatic carboxylic acids is 1. The van der Waals surface area contributed by atoms with Gasteiger partial charge in [-0.1, -0.05) is 35.9 Å². The summed E-state index contributed by atoms with van der Waals surface area (Å²) in [5.74, 6) is 0.708. The molecule has 0 aliphatic heterocycles. The zero-order valence-corrected chi connectivity index (χ0v) is 15.0. The lowest BCUT2D eigenvalue weighted by Gasteiger charge is -2.13. The first-order valence-corrected chi connectivity index (χ1v) is 8.32. The molecule has 0 aromatic heterocycles. The monoisotopic (exact) mass is 360 g/mol. The van der Waals surface area contributed by atoms with Crippen LogP contribution in [0.3, 0.4) is 0 Å². The number of halogens is 1. The predicted molar refractivity (Wildman–Crippen MR) is 99.3 cm³/mol. The number of hydrogen-bond donors (Lipinski definition) is 1. The van der Waals surface area contributed by atoms with E-state index in [4.69, 9.17) is 26.2 Å². The van der Waals surface area contributed by atoms with Crippen molar-refractivity contribution in [2.24, 2.45) is 0 Å². The molecule has 0 amide bonds. The van der Waals surface area contributed by atoms with E-state index in [1.54, 1.807) is 14.2 Å². The molecule has 25 heavy (non-hydrogen) atoms. The fraction of sp³-hybridized carbons (Fsp3) is 0.250. The fourth-order valence-electron chi connectivity index (χ4n) is 2.52. The third-order valence-corrected chi connectivity index (χ3v) is 4.19. The first-order valence-electron chi connectivity index (χ1n) is 7.94. The molecule has 1 N–H and O–H groups in total. The van der Waals surface area contributed by atoms with Gasteiger partial charge in [0, 0.05) is 17.0 Å². The highest BCUT2D eigenvalue weighted by Crippen LogP contribution is 2.33. The second-order valence-electron chi connectivity index (χ2n) is 5.48. The smallest absolute Gasteiger partial charge is 0.303 e. The fourth-order valence-corrected chi connectivity index (χ4v) is 2.87. The maximum atomic E-state index is 10.7. The molecule has 2 aromatic carbocycles. The Hall–Kier alpha value is -2.46. The Kier molecular flexibility index (Phi) is 6.90. The van der Waals surface area contributed by atoms with E-state index in [0.717, 1.165) is 28.2 Å². The Morgan fingerprint density at radius 2 is 1.32 bits per heavy atom. The van der Waals surface area contributed by atoms with E-state index in [1.165, 1.54) is 0 Å². The van der Waals surface area contributed by atoms with E-state index < -0.39 is 5.97 Å². The molecule has 5 heteroatoms. The summed E-state index contributed by atoms with van der Waals surface area (Å²) in [6, 6.07) is 15.3. The van der Waals surface area contributed by atoms with Gasteiger partial charge >= 0.3 is 5.97 Å². The molecule has 0 spiro atoms. The minimum atomic E-state index is -0.820. The standard InChI is InChI=1S/C20H21ClO4/c1-24-16-10-6-14(7-11-16)20(18(21)4-3-5-19(22)23)15-8-12-17(25-2)13-9-15/h6-13H,3-5H2,1-2H3,(H,22,23). The number of allylic oxidation sites excluding steroid dienone is 1. The average Bonchev–Trinajstić information content (AvgIpc) is 2.63. The number of carboxylic acids is 1. The SMILES string of the molecule is COc1ccc(C(=C(Cl)CCCC(=O)O)c2ccc(OC)cc2)cc1. The van der Waals surface area contributed by atoms with Crippen molar-refractivity contribution in [2.75, 3.05) is 14.2 Å². The highest BCUT2D eigenvalue weighted by atomic mass is 35.5. The first kappa shape index (κ1) is 18.9. The van der Waals surface area contributed by atoms with Gasteiger partial charge in [0.2, 0.25) is 0 Å². The molecule has 4 nitrogen and oxygen atoms in total. The Labute approximate surface area is 152 Å². The molecule has 2 aromatic rings. The molecule has 0 atom stereocenters. The van der Waals surface area contributed by atoms with Crippen LogP contribution in [-0.2, 0) is 4.79 Å². The van der Waals surface area contributed by atoms with E-state index >= 15 is 0 Å². The summed E-state index contributed by atoms with van der Waals surface area (Å²) < 4.78 is 10.4. The topological polar surface area (TPSA) is 55.8 Å². The number of ether oxygens (including phenoxy) is 2. The van der Waals surface area contributed by atoms with Crippen LogP contribution in [0.1, 0.15) is 30.4 Å². The van der Waals surface area contributed by atoms with Crippen molar-refractivity contribution in [2.45, 2.75) is 19.3 Å². The molecule has 0 bridgehead atoms. The van der Waals surface area contributed by atoms with E-state index in [0.29, 0.717) is 17.9 Å². The Balaban J connectivity index is 2.39. The van der Waals surface area contributed by atoms with E-state index in [1.807, 2.05) is 48.5 Å². The third-order valence-electron chi connectivity index (χ3n) is 3.82. The molecule has 0 fully saturated rings. The van der Waals surface area contributed by atoms with Crippen LogP contribution >= 0.6 is 11.6 Å². The molecule has 0 aliphatic rings. The van der Waals surface area contributed by atoms with Gasteiger partial charge in [0.1, 0.15) is 11.5 Å². The Bertz CT molecular complexity index is 684. The second kappa shape index (κ2) is 9.14. The number of hydrogen-bond acceptors (Lipinski definition) is 3. The van der Waals surface area contributed by atoms with Gasteiger partial charge in [-0.05, 0) is 48.2 Å².